The number of hydrogen-bond acceptors (Lipinski definition) is 10. The van der Waals surface area contributed by atoms with Gasteiger partial charge >= 0.3 is 0 Å². The minimum Gasteiger partial charge on any atom is -0.394 e. The Morgan fingerprint density at radius 2 is 1.34 bits per heavy atom. The average molecular weight is 712 g/mol. The van der Waals surface area contributed by atoms with E-state index in [0.29, 0.717) is 18.8 Å². The minimum absolute atomic E-state index is 0.00417. The van der Waals surface area contributed by atoms with E-state index in [1.54, 1.807) is 4.90 Å². The van der Waals surface area contributed by atoms with Gasteiger partial charge in [-0.3, -0.25) is 9.59 Å². The fraction of sp³-hybridized carbons (Fsp3) is 0.892. The molecule has 0 bridgehead atoms. The molecule has 0 unspecified atom stereocenters. The molecule has 1 fully saturated rings. The Bertz CT molecular complexity index is 1010. The van der Waals surface area contributed by atoms with E-state index in [1.807, 2.05) is 0 Å². The van der Waals surface area contributed by atoms with E-state index in [-0.39, 0.29) is 31.5 Å². The molecular weight excluding hydrogens is 642 g/mol. The second-order valence-corrected chi connectivity index (χ2v) is 13.9. The summed E-state index contributed by atoms with van der Waals surface area (Å²) in [6.07, 6.45) is 18.7. The molecule has 2 amide bonds. The highest BCUT2D eigenvalue weighted by Crippen LogP contribution is 2.22. The molecule has 0 spiro atoms. The molecular formula is C37H69N5O8. The molecule has 0 aliphatic carbocycles. The van der Waals surface area contributed by atoms with Crippen LogP contribution in [-0.2, 0) is 32.2 Å². The standard InChI is InChI=1S/C37H69N5O8/c1-3-5-7-9-11-13-15-17-19-21-23-38-32(44)26-41(24-22-20-18-16-14-12-10-8-6-4-2)33(45)27-42-25-30(39-40-42)29-49-37-36(48)35(47)34(46)31(28-43)50-37/h25,31,34-37,43,46-48H,3-24,26-29H2,1-2H3,(H,38,44)/t31-,34-,35+,36-,37-/m1/s1. The van der Waals surface area contributed by atoms with Gasteiger partial charge in [0.1, 0.15) is 36.7 Å². The van der Waals surface area contributed by atoms with Crippen molar-refractivity contribution in [3.8, 4) is 0 Å². The van der Waals surface area contributed by atoms with E-state index in [0.717, 1.165) is 32.1 Å². The topological polar surface area (TPSA) is 180 Å². The van der Waals surface area contributed by atoms with Crippen LogP contribution in [0.4, 0.5) is 0 Å². The first kappa shape index (κ1) is 44.0. The normalized spacial score (nSPS) is 20.6. The zero-order valence-corrected chi connectivity index (χ0v) is 31.1. The van der Waals surface area contributed by atoms with Crippen LogP contribution in [0.2, 0.25) is 0 Å². The van der Waals surface area contributed by atoms with Gasteiger partial charge in [0.15, 0.2) is 6.29 Å². The van der Waals surface area contributed by atoms with Gasteiger partial charge in [-0.1, -0.05) is 135 Å². The van der Waals surface area contributed by atoms with Gasteiger partial charge in [-0.25, -0.2) is 4.68 Å². The number of hydrogen-bond donors (Lipinski definition) is 5. The number of aliphatic hydroxyl groups excluding tert-OH is 4. The maximum Gasteiger partial charge on any atom is 0.244 e. The number of nitrogens with one attached hydrogen (secondary N) is 1. The molecule has 1 saturated heterocycles. The fourth-order valence-corrected chi connectivity index (χ4v) is 6.24. The second kappa shape index (κ2) is 27.5. The number of carbonyl (C=O) groups excluding carboxylic acids is 2. The number of ether oxygens (including phenoxy) is 2. The predicted molar refractivity (Wildman–Crippen MR) is 192 cm³/mol. The van der Waals surface area contributed by atoms with Gasteiger partial charge in [-0.2, -0.15) is 0 Å². The fourth-order valence-electron chi connectivity index (χ4n) is 6.24. The molecule has 0 radical (unpaired) electrons. The summed E-state index contributed by atoms with van der Waals surface area (Å²) < 4.78 is 12.3. The lowest BCUT2D eigenvalue weighted by atomic mass is 9.99. The number of aliphatic hydroxyl groups is 4. The zero-order valence-electron chi connectivity index (χ0n) is 31.1. The van der Waals surface area contributed by atoms with E-state index in [4.69, 9.17) is 9.47 Å². The molecule has 5 N–H and O–H groups in total. The van der Waals surface area contributed by atoms with Crippen LogP contribution in [0.1, 0.15) is 148 Å². The van der Waals surface area contributed by atoms with Crippen LogP contribution >= 0.6 is 0 Å². The summed E-state index contributed by atoms with van der Waals surface area (Å²) in [5.74, 6) is -0.394. The lowest BCUT2D eigenvalue weighted by molar-refractivity contribution is -0.304. The van der Waals surface area contributed by atoms with Crippen molar-refractivity contribution in [2.24, 2.45) is 0 Å². The maximum absolute atomic E-state index is 13.4. The van der Waals surface area contributed by atoms with Gasteiger partial charge in [0.2, 0.25) is 11.8 Å². The summed E-state index contributed by atoms with van der Waals surface area (Å²) in [5.41, 5.74) is 0.352. The summed E-state index contributed by atoms with van der Waals surface area (Å²) in [4.78, 5) is 27.9. The van der Waals surface area contributed by atoms with Crippen molar-refractivity contribution in [1.82, 2.24) is 25.2 Å². The van der Waals surface area contributed by atoms with Crippen LogP contribution in [0.3, 0.4) is 0 Å². The Balaban J connectivity index is 1.80. The Kier molecular flexibility index (Phi) is 24.2. The molecule has 0 aromatic carbocycles. The van der Waals surface area contributed by atoms with Gasteiger partial charge in [0, 0.05) is 13.1 Å². The van der Waals surface area contributed by atoms with E-state index < -0.39 is 37.3 Å². The molecule has 5 atom stereocenters. The Morgan fingerprint density at radius 1 is 0.800 bits per heavy atom. The third kappa shape index (κ3) is 18.4. The van der Waals surface area contributed by atoms with Gasteiger partial charge in [-0.15, -0.1) is 5.10 Å². The highest BCUT2D eigenvalue weighted by Gasteiger charge is 2.44. The zero-order chi connectivity index (χ0) is 36.4. The van der Waals surface area contributed by atoms with Crippen LogP contribution in [0.25, 0.3) is 0 Å². The molecule has 13 nitrogen and oxygen atoms in total. The van der Waals surface area contributed by atoms with Crippen molar-refractivity contribution in [3.63, 3.8) is 0 Å². The van der Waals surface area contributed by atoms with E-state index in [2.05, 4.69) is 29.5 Å². The number of carbonyl (C=O) groups is 2. The van der Waals surface area contributed by atoms with Crippen LogP contribution in [0.15, 0.2) is 6.20 Å². The number of amides is 2. The second-order valence-electron chi connectivity index (χ2n) is 13.9. The van der Waals surface area contributed by atoms with Gasteiger partial charge in [-0.05, 0) is 12.8 Å². The maximum atomic E-state index is 13.4. The highest BCUT2D eigenvalue weighted by atomic mass is 16.7. The number of unbranched alkanes of at least 4 members (excludes halogenated alkanes) is 18. The minimum atomic E-state index is -1.55. The third-order valence-electron chi connectivity index (χ3n) is 9.45. The monoisotopic (exact) mass is 712 g/mol. The molecule has 1 aliphatic rings. The summed E-state index contributed by atoms with van der Waals surface area (Å²) in [7, 11) is 0. The predicted octanol–water partition coefficient (Wildman–Crippen LogP) is 4.38. The van der Waals surface area contributed by atoms with E-state index >= 15 is 0 Å². The lowest BCUT2D eigenvalue weighted by Gasteiger charge is -2.39. The molecule has 1 aromatic rings. The van der Waals surface area contributed by atoms with Crippen LogP contribution in [-0.4, -0.2) is 109 Å². The van der Waals surface area contributed by atoms with Crippen molar-refractivity contribution in [1.29, 1.82) is 0 Å². The molecule has 50 heavy (non-hydrogen) atoms. The van der Waals surface area contributed by atoms with E-state index in [1.165, 1.54) is 107 Å². The van der Waals surface area contributed by atoms with Gasteiger partial charge in [0.05, 0.1) is 26.0 Å². The molecule has 1 aliphatic heterocycles. The Morgan fingerprint density at radius 3 is 1.90 bits per heavy atom. The Labute approximate surface area is 300 Å². The average Bonchev–Trinajstić information content (AvgIpc) is 3.56. The molecule has 0 saturated carbocycles. The van der Waals surface area contributed by atoms with Crippen LogP contribution in [0.5, 0.6) is 0 Å². The first-order valence-electron chi connectivity index (χ1n) is 19.7. The van der Waals surface area contributed by atoms with Crippen molar-refractivity contribution in [2.75, 3.05) is 26.2 Å². The Hall–Kier alpha value is -2.16. The highest BCUT2D eigenvalue weighted by molar-refractivity contribution is 5.84. The third-order valence-corrected chi connectivity index (χ3v) is 9.45. The first-order valence-corrected chi connectivity index (χ1v) is 19.7. The van der Waals surface area contributed by atoms with Crippen molar-refractivity contribution in [3.05, 3.63) is 11.9 Å². The quantitative estimate of drug-likeness (QED) is 0.0719. The summed E-state index contributed by atoms with van der Waals surface area (Å²) in [5, 5.41) is 50.6. The summed E-state index contributed by atoms with van der Waals surface area (Å²) in [6, 6.07) is 0. The summed E-state index contributed by atoms with van der Waals surface area (Å²) >= 11 is 0. The smallest absolute Gasteiger partial charge is 0.244 e. The number of nitrogens with zero attached hydrogens (tertiary/aromatic N) is 4. The SMILES string of the molecule is CCCCCCCCCCCCNC(=O)CN(CCCCCCCCCCCC)C(=O)Cn1cc(CO[C@@H]2O[C@H](CO)[C@@H](O)[C@H](O)[C@H]2O)nn1. The van der Waals surface area contributed by atoms with Crippen LogP contribution in [0, 0.1) is 0 Å². The van der Waals surface area contributed by atoms with Crippen molar-refractivity contribution >= 4 is 11.8 Å². The van der Waals surface area contributed by atoms with E-state index in [9.17, 15) is 30.0 Å². The summed E-state index contributed by atoms with van der Waals surface area (Å²) in [6.45, 7) is 4.74. The largest absolute Gasteiger partial charge is 0.394 e. The molecule has 2 rings (SSSR count). The first-order chi connectivity index (χ1) is 24.3. The van der Waals surface area contributed by atoms with Gasteiger partial charge in [0.25, 0.3) is 0 Å². The molecule has 1 aromatic heterocycles. The molecule has 2 heterocycles. The number of rotatable bonds is 30. The van der Waals surface area contributed by atoms with Crippen molar-refractivity contribution in [2.45, 2.75) is 186 Å². The van der Waals surface area contributed by atoms with Gasteiger partial charge < -0.3 is 40.1 Å². The molecule has 290 valence electrons. The molecule has 13 heteroatoms. The lowest BCUT2D eigenvalue weighted by Crippen LogP contribution is -2.59. The number of aromatic nitrogens is 3. The van der Waals surface area contributed by atoms with Crippen molar-refractivity contribution < 1.29 is 39.5 Å². The van der Waals surface area contributed by atoms with Crippen LogP contribution < -0.4 is 5.32 Å².